The number of carboxylic acid groups (broad SMARTS) is 1. The van der Waals surface area contributed by atoms with Gasteiger partial charge in [0.2, 0.25) is 0 Å². The summed E-state index contributed by atoms with van der Waals surface area (Å²) in [6.45, 7) is 0. The Kier molecular flexibility index (Phi) is 2.38. The van der Waals surface area contributed by atoms with Crippen LogP contribution in [0.4, 0.5) is 0 Å². The quantitative estimate of drug-likeness (QED) is 0.829. The number of aromatic amines is 1. The lowest BCUT2D eigenvalue weighted by Crippen LogP contribution is -2.50. The van der Waals surface area contributed by atoms with Crippen LogP contribution in [0.25, 0.3) is 0 Å². The number of rotatable bonds is 3. The summed E-state index contributed by atoms with van der Waals surface area (Å²) in [4.78, 5) is 23.8. The van der Waals surface area contributed by atoms with Gasteiger partial charge in [0, 0.05) is 11.5 Å². The molecule has 1 heterocycles. The summed E-state index contributed by atoms with van der Waals surface area (Å²) in [5, 5.41) is 15.3. The van der Waals surface area contributed by atoms with E-state index in [-0.39, 0.29) is 16.9 Å². The van der Waals surface area contributed by atoms with Gasteiger partial charge in [0.05, 0.1) is 0 Å². The van der Waals surface area contributed by atoms with Crippen molar-refractivity contribution in [2.45, 2.75) is 38.5 Å². The van der Waals surface area contributed by atoms with Crippen LogP contribution in [0.1, 0.15) is 59.5 Å². The minimum atomic E-state index is -1.07. The second kappa shape index (κ2) is 3.93. The van der Waals surface area contributed by atoms with E-state index >= 15 is 0 Å². The monoisotopic (exact) mass is 274 g/mol. The first-order valence-corrected chi connectivity index (χ1v) is 7.39. The highest BCUT2D eigenvalue weighted by molar-refractivity contribution is 6.00. The number of nitrogens with one attached hydrogen (secondary N) is 1. The largest absolute Gasteiger partial charge is 0.477 e. The maximum Gasteiger partial charge on any atom is 0.353 e. The summed E-state index contributed by atoms with van der Waals surface area (Å²) in [7, 11) is 0. The SMILES string of the molecule is O=C(O)c1cc(C(=O)C23CC4CC(CC(C4)C2)C3)n[nH]1. The molecule has 0 saturated heterocycles. The van der Waals surface area contributed by atoms with Gasteiger partial charge >= 0.3 is 5.97 Å². The molecule has 0 spiro atoms. The second-order valence-electron chi connectivity index (χ2n) is 7.00. The number of aromatic nitrogens is 2. The lowest BCUT2D eigenvalue weighted by Gasteiger charge is -2.55. The zero-order valence-electron chi connectivity index (χ0n) is 11.3. The first-order chi connectivity index (χ1) is 9.56. The van der Waals surface area contributed by atoms with E-state index in [1.165, 1.54) is 25.3 Å². The molecule has 0 atom stereocenters. The van der Waals surface area contributed by atoms with E-state index in [9.17, 15) is 9.59 Å². The number of ketones is 1. The predicted octanol–water partition coefficient (Wildman–Crippen LogP) is 2.51. The second-order valence-corrected chi connectivity index (χ2v) is 7.00. The van der Waals surface area contributed by atoms with Gasteiger partial charge in [-0.2, -0.15) is 5.10 Å². The molecule has 20 heavy (non-hydrogen) atoms. The van der Waals surface area contributed by atoms with E-state index in [1.54, 1.807) is 0 Å². The minimum Gasteiger partial charge on any atom is -0.477 e. The third kappa shape index (κ3) is 1.65. The highest BCUT2D eigenvalue weighted by Gasteiger charge is 2.55. The summed E-state index contributed by atoms with van der Waals surface area (Å²) in [6, 6.07) is 1.39. The van der Waals surface area contributed by atoms with E-state index in [0.29, 0.717) is 23.4 Å². The van der Waals surface area contributed by atoms with Crippen LogP contribution in [0.2, 0.25) is 0 Å². The van der Waals surface area contributed by atoms with Gasteiger partial charge in [-0.25, -0.2) is 4.79 Å². The van der Waals surface area contributed by atoms with Crippen LogP contribution in [0.3, 0.4) is 0 Å². The molecule has 0 radical (unpaired) electrons. The summed E-state index contributed by atoms with van der Waals surface area (Å²) in [5.74, 6) is 1.09. The molecule has 2 N–H and O–H groups in total. The molecular weight excluding hydrogens is 256 g/mol. The standard InChI is InChI=1S/C15H18N2O3/c18-13(11-4-12(14(19)20)17-16-11)15-5-8-1-9(6-15)3-10(2-8)7-15/h4,8-10H,1-3,5-7H2,(H,16,17)(H,19,20). The minimum absolute atomic E-state index is 0.00178. The molecule has 0 unspecified atom stereocenters. The van der Waals surface area contributed by atoms with Gasteiger partial charge in [-0.3, -0.25) is 9.89 Å². The Labute approximate surface area is 116 Å². The van der Waals surface area contributed by atoms with E-state index < -0.39 is 5.97 Å². The smallest absolute Gasteiger partial charge is 0.353 e. The molecule has 1 aromatic heterocycles. The summed E-state index contributed by atoms with van der Waals surface area (Å²) >= 11 is 0. The van der Waals surface area contributed by atoms with Crippen molar-refractivity contribution in [1.29, 1.82) is 0 Å². The topological polar surface area (TPSA) is 83.0 Å². The average molecular weight is 274 g/mol. The molecule has 5 rings (SSSR count). The van der Waals surface area contributed by atoms with Crippen LogP contribution in [0.15, 0.2) is 6.07 Å². The van der Waals surface area contributed by atoms with Crippen molar-refractivity contribution < 1.29 is 14.7 Å². The molecule has 5 nitrogen and oxygen atoms in total. The predicted molar refractivity (Wildman–Crippen MR) is 70.5 cm³/mol. The molecule has 0 aliphatic heterocycles. The van der Waals surface area contributed by atoms with E-state index in [4.69, 9.17) is 5.11 Å². The zero-order chi connectivity index (χ0) is 13.9. The molecule has 1 aromatic rings. The van der Waals surface area contributed by atoms with Crippen LogP contribution in [-0.4, -0.2) is 27.1 Å². The van der Waals surface area contributed by atoms with E-state index in [0.717, 1.165) is 19.3 Å². The Morgan fingerprint density at radius 1 is 1.15 bits per heavy atom. The normalized spacial score (nSPS) is 38.1. The maximum absolute atomic E-state index is 12.9. The molecule has 4 fully saturated rings. The highest BCUT2D eigenvalue weighted by Crippen LogP contribution is 2.60. The average Bonchev–Trinajstić information content (AvgIpc) is 2.85. The van der Waals surface area contributed by atoms with E-state index in [2.05, 4.69) is 10.2 Å². The van der Waals surface area contributed by atoms with Gasteiger partial charge < -0.3 is 5.11 Å². The van der Waals surface area contributed by atoms with Gasteiger partial charge in [0.25, 0.3) is 0 Å². The first-order valence-electron chi connectivity index (χ1n) is 7.39. The van der Waals surface area contributed by atoms with Crippen LogP contribution in [0.5, 0.6) is 0 Å². The molecule has 0 amide bonds. The zero-order valence-corrected chi connectivity index (χ0v) is 11.3. The Morgan fingerprint density at radius 2 is 1.70 bits per heavy atom. The third-order valence-corrected chi connectivity index (χ3v) is 5.56. The fourth-order valence-corrected chi connectivity index (χ4v) is 5.21. The van der Waals surface area contributed by atoms with Gasteiger partial charge in [-0.1, -0.05) is 0 Å². The Balaban J connectivity index is 1.66. The van der Waals surface area contributed by atoms with E-state index in [1.807, 2.05) is 0 Å². The molecule has 4 bridgehead atoms. The molecule has 5 heteroatoms. The molecule has 4 aliphatic rings. The van der Waals surface area contributed by atoms with Crippen molar-refractivity contribution >= 4 is 11.8 Å². The van der Waals surface area contributed by atoms with Crippen molar-refractivity contribution in [3.05, 3.63) is 17.5 Å². The molecule has 4 aliphatic carbocycles. The van der Waals surface area contributed by atoms with Crippen molar-refractivity contribution in [1.82, 2.24) is 10.2 Å². The Hall–Kier alpha value is -1.65. The Morgan fingerprint density at radius 3 is 2.15 bits per heavy atom. The lowest BCUT2D eigenvalue weighted by atomic mass is 9.48. The number of aromatic carboxylic acids is 1. The van der Waals surface area contributed by atoms with Gasteiger partial charge in [0.15, 0.2) is 5.78 Å². The van der Waals surface area contributed by atoms with Crippen LogP contribution in [0, 0.1) is 23.2 Å². The maximum atomic E-state index is 12.9. The summed E-state index contributed by atoms with van der Waals surface area (Å²) in [6.07, 6.45) is 6.79. The third-order valence-electron chi connectivity index (χ3n) is 5.56. The summed E-state index contributed by atoms with van der Waals surface area (Å²) < 4.78 is 0. The van der Waals surface area contributed by atoms with Crippen molar-refractivity contribution in [3.8, 4) is 0 Å². The van der Waals surface area contributed by atoms with Crippen LogP contribution < -0.4 is 0 Å². The molecular formula is C15H18N2O3. The van der Waals surface area contributed by atoms with Gasteiger partial charge in [-0.05, 0) is 56.3 Å². The summed E-state index contributed by atoms with van der Waals surface area (Å²) in [5.41, 5.74) is 0.0575. The van der Waals surface area contributed by atoms with Crippen molar-refractivity contribution in [2.24, 2.45) is 23.2 Å². The van der Waals surface area contributed by atoms with Crippen LogP contribution in [-0.2, 0) is 0 Å². The van der Waals surface area contributed by atoms with Crippen molar-refractivity contribution in [2.75, 3.05) is 0 Å². The van der Waals surface area contributed by atoms with Gasteiger partial charge in [0.1, 0.15) is 11.4 Å². The number of carbonyl (C=O) groups is 2. The molecule has 106 valence electrons. The number of Topliss-reactive ketones (excluding diaryl/α,β-unsaturated/α-hetero) is 1. The lowest BCUT2D eigenvalue weighted by molar-refractivity contribution is -0.0355. The fraction of sp³-hybridized carbons (Fsp3) is 0.667. The first kappa shape index (κ1) is 12.1. The number of nitrogens with zero attached hydrogens (tertiary/aromatic N) is 1. The Bertz CT molecular complexity index is 554. The van der Waals surface area contributed by atoms with Gasteiger partial charge in [-0.15, -0.1) is 0 Å². The number of hydrogen-bond donors (Lipinski definition) is 2. The molecule has 4 saturated carbocycles. The van der Waals surface area contributed by atoms with Crippen LogP contribution >= 0.6 is 0 Å². The number of hydrogen-bond acceptors (Lipinski definition) is 3. The number of H-pyrrole nitrogens is 1. The highest BCUT2D eigenvalue weighted by atomic mass is 16.4. The van der Waals surface area contributed by atoms with Crippen molar-refractivity contribution in [3.63, 3.8) is 0 Å². The fourth-order valence-electron chi connectivity index (χ4n) is 5.21. The number of carbonyl (C=O) groups excluding carboxylic acids is 1. The molecule has 0 aromatic carbocycles. The number of carboxylic acids is 1.